The number of pyridine rings is 1. The molecule has 0 aliphatic heterocycles. The first kappa shape index (κ1) is 32.2. The van der Waals surface area contributed by atoms with Crippen molar-refractivity contribution in [2.24, 2.45) is 5.41 Å². The second kappa shape index (κ2) is 12.6. The van der Waals surface area contributed by atoms with Gasteiger partial charge in [-0.15, -0.1) is 0 Å². The SMILES string of the molecule is CN(C)CCOc1c(C(=O)OC(C)(C)C)n(CC(C)(C)C)c(=O)c2cc(Cl)c(Cl)cc12.O=C(O)C(=O)O. The summed E-state index contributed by atoms with van der Waals surface area (Å²) in [5.74, 6) is -4.00. The summed E-state index contributed by atoms with van der Waals surface area (Å²) < 4.78 is 13.2. The van der Waals surface area contributed by atoms with Gasteiger partial charge in [-0.2, -0.15) is 0 Å². The van der Waals surface area contributed by atoms with Crippen molar-refractivity contribution in [3.63, 3.8) is 0 Å². The molecule has 1 aromatic heterocycles. The van der Waals surface area contributed by atoms with E-state index in [-0.39, 0.29) is 32.5 Å². The van der Waals surface area contributed by atoms with Crippen LogP contribution in [0.5, 0.6) is 5.75 Å². The van der Waals surface area contributed by atoms with E-state index in [1.165, 1.54) is 10.6 Å². The molecule has 0 aliphatic rings. The molecule has 37 heavy (non-hydrogen) atoms. The summed E-state index contributed by atoms with van der Waals surface area (Å²) in [5, 5.41) is 16.1. The van der Waals surface area contributed by atoms with Crippen LogP contribution < -0.4 is 10.3 Å². The lowest BCUT2D eigenvalue weighted by molar-refractivity contribution is -0.159. The number of nitrogens with zero attached hydrogens (tertiary/aromatic N) is 2. The molecular formula is C25H34Cl2N2O8. The highest BCUT2D eigenvalue weighted by Gasteiger charge is 2.30. The van der Waals surface area contributed by atoms with Crippen molar-refractivity contribution in [1.82, 2.24) is 9.47 Å². The number of esters is 1. The number of ether oxygens (including phenoxy) is 2. The van der Waals surface area contributed by atoms with Crippen molar-refractivity contribution >= 4 is 51.9 Å². The molecule has 2 rings (SSSR count). The standard InChI is InChI=1S/C23H32Cl2N2O4.C2H2O4/c1-22(2,3)13-27-18(21(29)31-23(4,5)6)19(30-10-9-26(7)8)14-11-16(24)17(25)12-15(14)20(27)28;3-1(4)2(5)6/h11-12H,9-10,13H2,1-8H3;(H,3,4)(H,5,6). The first-order chi connectivity index (χ1) is 16.7. The fraction of sp³-hybridized carbons (Fsp3) is 0.520. The molecule has 2 aromatic rings. The highest BCUT2D eigenvalue weighted by Crippen LogP contribution is 2.35. The molecule has 0 aliphatic carbocycles. The number of carboxylic acids is 2. The maximum atomic E-state index is 13.5. The summed E-state index contributed by atoms with van der Waals surface area (Å²) in [4.78, 5) is 46.9. The number of aliphatic carboxylic acids is 2. The predicted octanol–water partition coefficient (Wildman–Crippen LogP) is 4.41. The molecule has 206 valence electrons. The first-order valence-electron chi connectivity index (χ1n) is 11.3. The van der Waals surface area contributed by atoms with Gasteiger partial charge in [0.15, 0.2) is 11.4 Å². The molecule has 0 amide bonds. The number of carbonyl (C=O) groups is 3. The third kappa shape index (κ3) is 9.87. The Morgan fingerprint density at radius 3 is 1.84 bits per heavy atom. The van der Waals surface area contributed by atoms with Gasteiger partial charge in [0.1, 0.15) is 12.2 Å². The summed E-state index contributed by atoms with van der Waals surface area (Å²) in [6.07, 6.45) is 0. The summed E-state index contributed by atoms with van der Waals surface area (Å²) in [6, 6.07) is 3.10. The minimum absolute atomic E-state index is 0.0829. The maximum absolute atomic E-state index is 13.5. The number of aromatic nitrogens is 1. The van der Waals surface area contributed by atoms with Crippen LogP contribution in [0.15, 0.2) is 16.9 Å². The Morgan fingerprint density at radius 2 is 1.43 bits per heavy atom. The van der Waals surface area contributed by atoms with Crippen molar-refractivity contribution < 1.29 is 34.1 Å². The zero-order chi connectivity index (χ0) is 28.9. The zero-order valence-electron chi connectivity index (χ0n) is 22.3. The number of hydrogen-bond donors (Lipinski definition) is 2. The van der Waals surface area contributed by atoms with Crippen LogP contribution in [-0.2, 0) is 20.9 Å². The highest BCUT2D eigenvalue weighted by molar-refractivity contribution is 6.42. The lowest BCUT2D eigenvalue weighted by atomic mass is 9.96. The van der Waals surface area contributed by atoms with Crippen molar-refractivity contribution in [3.05, 3.63) is 38.2 Å². The van der Waals surface area contributed by atoms with Crippen molar-refractivity contribution in [2.75, 3.05) is 27.2 Å². The summed E-state index contributed by atoms with van der Waals surface area (Å²) in [7, 11) is 3.85. The Balaban J connectivity index is 0.00000102. The molecule has 1 aromatic carbocycles. The average molecular weight is 561 g/mol. The number of carboxylic acid groups (broad SMARTS) is 2. The van der Waals surface area contributed by atoms with Gasteiger partial charge in [-0.3, -0.25) is 9.36 Å². The van der Waals surface area contributed by atoms with Crippen LogP contribution in [0.4, 0.5) is 0 Å². The van der Waals surface area contributed by atoms with Crippen LogP contribution in [0.3, 0.4) is 0 Å². The number of halogens is 2. The van der Waals surface area contributed by atoms with Gasteiger partial charge >= 0.3 is 17.9 Å². The van der Waals surface area contributed by atoms with E-state index in [4.69, 9.17) is 52.5 Å². The quantitative estimate of drug-likeness (QED) is 0.389. The molecule has 2 N–H and O–H groups in total. The van der Waals surface area contributed by atoms with Crippen LogP contribution in [0.1, 0.15) is 52.0 Å². The van der Waals surface area contributed by atoms with E-state index >= 15 is 0 Å². The fourth-order valence-electron chi connectivity index (χ4n) is 3.04. The van der Waals surface area contributed by atoms with Gasteiger partial charge in [0.2, 0.25) is 0 Å². The summed E-state index contributed by atoms with van der Waals surface area (Å²) in [6.45, 7) is 12.5. The van der Waals surface area contributed by atoms with Gasteiger partial charge in [-0.1, -0.05) is 44.0 Å². The van der Waals surface area contributed by atoms with Gasteiger partial charge in [-0.05, 0) is 52.4 Å². The predicted molar refractivity (Wildman–Crippen MR) is 142 cm³/mol. The van der Waals surface area contributed by atoms with Crippen LogP contribution >= 0.6 is 23.2 Å². The van der Waals surface area contributed by atoms with E-state index in [0.717, 1.165) is 0 Å². The largest absolute Gasteiger partial charge is 0.489 e. The lowest BCUT2D eigenvalue weighted by Gasteiger charge is -2.27. The van der Waals surface area contributed by atoms with E-state index in [0.29, 0.717) is 30.5 Å². The molecule has 0 unspecified atom stereocenters. The molecule has 0 fully saturated rings. The third-order valence-corrected chi connectivity index (χ3v) is 5.18. The second-order valence-corrected chi connectivity index (χ2v) is 11.5. The first-order valence-corrected chi connectivity index (χ1v) is 12.0. The van der Waals surface area contributed by atoms with Crippen LogP contribution in [-0.4, -0.2) is 70.4 Å². The molecule has 0 atom stereocenters. The molecule has 10 nitrogen and oxygen atoms in total. The fourth-order valence-corrected chi connectivity index (χ4v) is 3.37. The number of benzene rings is 1. The van der Waals surface area contributed by atoms with E-state index in [9.17, 15) is 9.59 Å². The molecule has 12 heteroatoms. The van der Waals surface area contributed by atoms with Crippen LogP contribution in [0.2, 0.25) is 10.0 Å². The van der Waals surface area contributed by atoms with Gasteiger partial charge in [0.25, 0.3) is 5.56 Å². The summed E-state index contributed by atoms with van der Waals surface area (Å²) in [5.41, 5.74) is -1.29. The Hall–Kier alpha value is -2.82. The van der Waals surface area contributed by atoms with Crippen molar-refractivity contribution in [3.8, 4) is 5.75 Å². The molecule has 0 saturated heterocycles. The highest BCUT2D eigenvalue weighted by atomic mass is 35.5. The van der Waals surface area contributed by atoms with Crippen molar-refractivity contribution in [1.29, 1.82) is 0 Å². The summed E-state index contributed by atoms with van der Waals surface area (Å²) >= 11 is 12.5. The van der Waals surface area contributed by atoms with Crippen LogP contribution in [0.25, 0.3) is 10.8 Å². The number of hydrogen-bond acceptors (Lipinski definition) is 7. The molecule has 0 spiro atoms. The maximum Gasteiger partial charge on any atom is 0.414 e. The topological polar surface area (TPSA) is 135 Å². The normalized spacial score (nSPS) is 11.6. The Morgan fingerprint density at radius 1 is 0.946 bits per heavy atom. The smallest absolute Gasteiger partial charge is 0.414 e. The Bertz CT molecular complexity index is 1210. The average Bonchev–Trinajstić information content (AvgIpc) is 2.70. The number of rotatable bonds is 6. The van der Waals surface area contributed by atoms with Gasteiger partial charge in [-0.25, -0.2) is 14.4 Å². The van der Waals surface area contributed by atoms with Crippen molar-refractivity contribution in [2.45, 2.75) is 53.7 Å². The molecule has 0 radical (unpaired) electrons. The monoisotopic (exact) mass is 560 g/mol. The Labute approximate surface area is 225 Å². The third-order valence-electron chi connectivity index (χ3n) is 4.46. The van der Waals surface area contributed by atoms with Crippen LogP contribution in [0, 0.1) is 5.41 Å². The van der Waals surface area contributed by atoms with Gasteiger partial charge in [0, 0.05) is 18.5 Å². The molecule has 0 saturated carbocycles. The lowest BCUT2D eigenvalue weighted by Crippen LogP contribution is -2.35. The van der Waals surface area contributed by atoms with Gasteiger partial charge in [0.05, 0.1) is 15.4 Å². The van der Waals surface area contributed by atoms with E-state index in [1.54, 1.807) is 26.8 Å². The molecule has 1 heterocycles. The van der Waals surface area contributed by atoms with E-state index in [2.05, 4.69) is 0 Å². The number of carbonyl (C=O) groups excluding carboxylic acids is 1. The molecule has 0 bridgehead atoms. The second-order valence-electron chi connectivity index (χ2n) is 10.7. The molecular weight excluding hydrogens is 527 g/mol. The van der Waals surface area contributed by atoms with E-state index < -0.39 is 23.5 Å². The minimum atomic E-state index is -1.82. The van der Waals surface area contributed by atoms with E-state index in [1.807, 2.05) is 39.8 Å². The van der Waals surface area contributed by atoms with Gasteiger partial charge < -0.3 is 24.6 Å². The zero-order valence-corrected chi connectivity index (χ0v) is 23.8. The number of fused-ring (bicyclic) bond motifs is 1. The number of likely N-dealkylation sites (N-methyl/N-ethyl adjacent to an activating group) is 1. The Kier molecular flexibility index (Phi) is 11.0. The minimum Gasteiger partial charge on any atom is -0.489 e.